The van der Waals surface area contributed by atoms with E-state index < -0.39 is 10.0 Å². The van der Waals surface area contributed by atoms with Gasteiger partial charge in [-0.05, 0) is 37.3 Å². The molecular weight excluding hydrogens is 292 g/mol. The average molecular weight is 316 g/mol. The molecule has 1 saturated heterocycles. The molecule has 0 spiro atoms. The summed E-state index contributed by atoms with van der Waals surface area (Å²) < 4.78 is 27.5. The molecule has 1 fully saturated rings. The zero-order valence-electron chi connectivity index (χ0n) is 12.6. The molecule has 0 bridgehead atoms. The normalized spacial score (nSPS) is 25.9. The van der Waals surface area contributed by atoms with Gasteiger partial charge in [0.2, 0.25) is 0 Å². The van der Waals surface area contributed by atoms with Crippen molar-refractivity contribution in [3.63, 3.8) is 0 Å². The Bertz CT molecular complexity index is 572. The van der Waals surface area contributed by atoms with Gasteiger partial charge >= 0.3 is 0 Å². The lowest BCUT2D eigenvalue weighted by atomic mass is 9.95. The summed E-state index contributed by atoms with van der Waals surface area (Å²) in [5.74, 6) is 0. The van der Waals surface area contributed by atoms with E-state index in [9.17, 15) is 8.42 Å². The van der Waals surface area contributed by atoms with Crippen molar-refractivity contribution in [3.8, 4) is 0 Å². The minimum absolute atomic E-state index is 0.0195. The molecule has 0 amide bonds. The third kappa shape index (κ3) is 3.08. The lowest BCUT2D eigenvalue weighted by Crippen LogP contribution is -2.48. The summed E-state index contributed by atoms with van der Waals surface area (Å²) in [6, 6.07) is 3.76. The average Bonchev–Trinajstić information content (AvgIpc) is 2.77. The minimum atomic E-state index is -3.38. The maximum Gasteiger partial charge on any atom is 0.252 e. The molecule has 1 aliphatic heterocycles. The van der Waals surface area contributed by atoms with Crippen molar-refractivity contribution in [2.45, 2.75) is 62.2 Å². The predicted octanol–water partition coefficient (Wildman–Crippen LogP) is 2.55. The van der Waals surface area contributed by atoms with Crippen LogP contribution >= 0.6 is 11.3 Å². The molecule has 6 heteroatoms. The number of nitrogens with zero attached hydrogens (tertiary/aromatic N) is 1. The van der Waals surface area contributed by atoms with Gasteiger partial charge in [-0.15, -0.1) is 11.3 Å². The molecular formula is C14H24N2O2S2. The molecule has 2 heterocycles. The molecule has 20 heavy (non-hydrogen) atoms. The van der Waals surface area contributed by atoms with E-state index in [2.05, 4.69) is 20.8 Å². The monoisotopic (exact) mass is 316 g/mol. The summed E-state index contributed by atoms with van der Waals surface area (Å²) in [6.07, 6.45) is 1.47. The van der Waals surface area contributed by atoms with Crippen molar-refractivity contribution in [2.75, 3.05) is 6.54 Å². The van der Waals surface area contributed by atoms with Crippen molar-refractivity contribution in [1.29, 1.82) is 0 Å². The predicted molar refractivity (Wildman–Crippen MR) is 83.6 cm³/mol. The van der Waals surface area contributed by atoms with Gasteiger partial charge in [-0.3, -0.25) is 0 Å². The van der Waals surface area contributed by atoms with Gasteiger partial charge < -0.3 is 5.73 Å². The highest BCUT2D eigenvalue weighted by Crippen LogP contribution is 2.34. The van der Waals surface area contributed by atoms with E-state index in [4.69, 9.17) is 5.73 Å². The molecule has 4 nitrogen and oxygen atoms in total. The highest BCUT2D eigenvalue weighted by atomic mass is 32.2. The van der Waals surface area contributed by atoms with E-state index in [0.29, 0.717) is 10.8 Å². The first-order chi connectivity index (χ1) is 9.12. The lowest BCUT2D eigenvalue weighted by molar-refractivity contribution is 0.247. The second kappa shape index (κ2) is 5.40. The van der Waals surface area contributed by atoms with E-state index in [1.54, 1.807) is 10.4 Å². The molecule has 1 aliphatic rings. The van der Waals surface area contributed by atoms with Crippen molar-refractivity contribution in [1.82, 2.24) is 4.31 Å². The summed E-state index contributed by atoms with van der Waals surface area (Å²) >= 11 is 1.38. The van der Waals surface area contributed by atoms with Crippen LogP contribution in [0.2, 0.25) is 0 Å². The Morgan fingerprint density at radius 2 is 2.00 bits per heavy atom. The van der Waals surface area contributed by atoms with Crippen LogP contribution in [0.5, 0.6) is 0 Å². The van der Waals surface area contributed by atoms with Crippen LogP contribution in [0.4, 0.5) is 0 Å². The third-order valence-corrected chi connectivity index (χ3v) is 7.73. The fourth-order valence-electron chi connectivity index (χ4n) is 2.52. The first-order valence-electron chi connectivity index (χ1n) is 7.00. The van der Waals surface area contributed by atoms with Gasteiger partial charge in [0.05, 0.1) is 0 Å². The largest absolute Gasteiger partial charge is 0.328 e. The van der Waals surface area contributed by atoms with Crippen LogP contribution in [0.3, 0.4) is 0 Å². The Morgan fingerprint density at radius 3 is 2.50 bits per heavy atom. The number of piperidine rings is 1. The Balaban J connectivity index is 2.29. The molecule has 0 radical (unpaired) electrons. The number of thiophene rings is 1. The van der Waals surface area contributed by atoms with E-state index in [1.165, 1.54) is 11.3 Å². The molecule has 2 N–H and O–H groups in total. The first kappa shape index (κ1) is 15.9. The second-order valence-electron chi connectivity index (χ2n) is 6.62. The summed E-state index contributed by atoms with van der Waals surface area (Å²) in [6.45, 7) is 8.75. The fraction of sp³-hybridized carbons (Fsp3) is 0.714. The van der Waals surface area contributed by atoms with Gasteiger partial charge in [-0.2, -0.15) is 4.31 Å². The Morgan fingerprint density at radius 1 is 1.35 bits per heavy atom. The Labute approximate surface area is 126 Å². The van der Waals surface area contributed by atoms with E-state index >= 15 is 0 Å². The zero-order chi connectivity index (χ0) is 15.1. The van der Waals surface area contributed by atoms with Crippen LogP contribution in [0.1, 0.15) is 45.4 Å². The Hall–Kier alpha value is -0.430. The molecule has 1 aromatic heterocycles. The van der Waals surface area contributed by atoms with Crippen LogP contribution in [0, 0.1) is 0 Å². The molecule has 1 aromatic rings. The van der Waals surface area contributed by atoms with Gasteiger partial charge in [0.1, 0.15) is 4.21 Å². The van der Waals surface area contributed by atoms with Gasteiger partial charge in [0, 0.05) is 23.5 Å². The maximum atomic E-state index is 12.7. The van der Waals surface area contributed by atoms with Gasteiger partial charge in [-0.1, -0.05) is 20.8 Å². The highest BCUT2D eigenvalue weighted by molar-refractivity contribution is 7.91. The molecule has 0 aliphatic carbocycles. The fourth-order valence-corrected chi connectivity index (χ4v) is 5.67. The van der Waals surface area contributed by atoms with Crippen molar-refractivity contribution < 1.29 is 8.42 Å². The second-order valence-corrected chi connectivity index (χ2v) is 9.82. The van der Waals surface area contributed by atoms with E-state index in [0.717, 1.165) is 17.7 Å². The summed E-state index contributed by atoms with van der Waals surface area (Å²) in [7, 11) is -3.38. The zero-order valence-corrected chi connectivity index (χ0v) is 14.2. The number of nitrogens with two attached hydrogens (primary N) is 1. The standard InChI is InChI=1S/C14H24N2O2S2/c1-10-9-11(15)7-8-16(10)20(17,18)13-6-5-12(19-13)14(2,3)4/h5-6,10-11H,7-9,15H2,1-4H3. The highest BCUT2D eigenvalue weighted by Gasteiger charge is 2.34. The molecule has 2 unspecified atom stereocenters. The van der Waals surface area contributed by atoms with E-state index in [-0.39, 0.29) is 17.5 Å². The van der Waals surface area contributed by atoms with Crippen LogP contribution in [-0.2, 0) is 15.4 Å². The number of hydrogen-bond acceptors (Lipinski definition) is 4. The minimum Gasteiger partial charge on any atom is -0.328 e. The smallest absolute Gasteiger partial charge is 0.252 e. The van der Waals surface area contributed by atoms with Gasteiger partial charge in [0.15, 0.2) is 0 Å². The van der Waals surface area contributed by atoms with E-state index in [1.807, 2.05) is 13.0 Å². The first-order valence-corrected chi connectivity index (χ1v) is 9.26. The molecule has 0 saturated carbocycles. The number of hydrogen-bond donors (Lipinski definition) is 1. The van der Waals surface area contributed by atoms with Crippen molar-refractivity contribution >= 4 is 21.4 Å². The van der Waals surface area contributed by atoms with Crippen molar-refractivity contribution in [3.05, 3.63) is 17.0 Å². The van der Waals surface area contributed by atoms with Gasteiger partial charge in [-0.25, -0.2) is 8.42 Å². The quantitative estimate of drug-likeness (QED) is 0.912. The summed E-state index contributed by atoms with van der Waals surface area (Å²) in [5, 5.41) is 0. The third-order valence-electron chi connectivity index (χ3n) is 3.74. The Kier molecular flexibility index (Phi) is 4.31. The SMILES string of the molecule is CC1CC(N)CCN1S(=O)(=O)c1ccc(C(C)(C)C)s1. The van der Waals surface area contributed by atoms with Crippen LogP contribution < -0.4 is 5.73 Å². The van der Waals surface area contributed by atoms with Crippen molar-refractivity contribution in [2.24, 2.45) is 5.73 Å². The van der Waals surface area contributed by atoms with Crippen LogP contribution in [-0.4, -0.2) is 31.4 Å². The molecule has 2 rings (SSSR count). The lowest BCUT2D eigenvalue weighted by Gasteiger charge is -2.34. The molecule has 0 aromatic carbocycles. The number of rotatable bonds is 2. The van der Waals surface area contributed by atoms with Crippen LogP contribution in [0.15, 0.2) is 16.3 Å². The van der Waals surface area contributed by atoms with Gasteiger partial charge in [0.25, 0.3) is 10.0 Å². The molecule has 2 atom stereocenters. The molecule has 114 valence electrons. The summed E-state index contributed by atoms with van der Waals surface area (Å²) in [4.78, 5) is 1.09. The number of sulfonamides is 1. The topological polar surface area (TPSA) is 63.4 Å². The summed E-state index contributed by atoms with van der Waals surface area (Å²) in [5.41, 5.74) is 5.89. The maximum absolute atomic E-state index is 12.7. The van der Waals surface area contributed by atoms with Crippen LogP contribution in [0.25, 0.3) is 0 Å².